The molecule has 1 atom stereocenters. The van der Waals surface area contributed by atoms with E-state index < -0.39 is 0 Å². The van der Waals surface area contributed by atoms with Crippen LogP contribution in [0.1, 0.15) is 20.3 Å². The molecule has 0 aliphatic rings. The van der Waals surface area contributed by atoms with Crippen molar-refractivity contribution in [2.24, 2.45) is 0 Å². The molecule has 1 heterocycles. The van der Waals surface area contributed by atoms with Crippen molar-refractivity contribution in [2.75, 3.05) is 5.75 Å². The zero-order chi connectivity index (χ0) is 18.5. The van der Waals surface area contributed by atoms with Gasteiger partial charge in [-0.15, -0.1) is 10.2 Å². The van der Waals surface area contributed by atoms with Crippen molar-refractivity contribution < 1.29 is 9.18 Å². The maximum absolute atomic E-state index is 13.2. The van der Waals surface area contributed by atoms with Gasteiger partial charge < -0.3 is 5.32 Å². The predicted octanol–water partition coefficient (Wildman–Crippen LogP) is 4.44. The van der Waals surface area contributed by atoms with E-state index in [1.54, 1.807) is 12.1 Å². The van der Waals surface area contributed by atoms with E-state index in [4.69, 9.17) is 0 Å². The average molecular weight is 369 g/mol. The largest absolute Gasteiger partial charge is 0.353 e. The number of aromatic nitrogens is 2. The fourth-order valence-electron chi connectivity index (χ4n) is 2.56. The van der Waals surface area contributed by atoms with Gasteiger partial charge in [0.05, 0.1) is 5.75 Å². The maximum atomic E-state index is 13.2. The Balaban J connectivity index is 1.88. The van der Waals surface area contributed by atoms with E-state index in [2.05, 4.69) is 15.5 Å². The summed E-state index contributed by atoms with van der Waals surface area (Å²) < 4.78 is 13.2. The molecule has 0 aliphatic heterocycles. The fourth-order valence-corrected chi connectivity index (χ4v) is 3.34. The van der Waals surface area contributed by atoms with Gasteiger partial charge in [-0.2, -0.15) is 0 Å². The first-order valence-electron chi connectivity index (χ1n) is 8.52. The molecule has 1 amide bonds. The molecule has 0 spiro atoms. The van der Waals surface area contributed by atoms with Gasteiger partial charge in [0.1, 0.15) is 16.5 Å². The number of fused-ring (bicyclic) bond motifs is 1. The van der Waals surface area contributed by atoms with Crippen molar-refractivity contribution in [3.63, 3.8) is 0 Å². The minimum Gasteiger partial charge on any atom is -0.353 e. The maximum Gasteiger partial charge on any atom is 0.230 e. The zero-order valence-corrected chi connectivity index (χ0v) is 15.5. The van der Waals surface area contributed by atoms with Crippen LogP contribution in [0.15, 0.2) is 53.6 Å². The Morgan fingerprint density at radius 3 is 2.50 bits per heavy atom. The number of thioether (sulfide) groups is 1. The van der Waals surface area contributed by atoms with Gasteiger partial charge in [0.15, 0.2) is 0 Å². The quantitative estimate of drug-likeness (QED) is 0.653. The Labute approximate surface area is 156 Å². The molecule has 1 unspecified atom stereocenters. The molecule has 3 rings (SSSR count). The van der Waals surface area contributed by atoms with Crippen molar-refractivity contribution in [1.29, 1.82) is 0 Å². The highest BCUT2D eigenvalue weighted by atomic mass is 32.2. The molecule has 0 fully saturated rings. The summed E-state index contributed by atoms with van der Waals surface area (Å²) >= 11 is 1.37. The van der Waals surface area contributed by atoms with Gasteiger partial charge in [-0.25, -0.2) is 4.39 Å². The van der Waals surface area contributed by atoms with E-state index >= 15 is 0 Å². The minimum absolute atomic E-state index is 0.0159. The van der Waals surface area contributed by atoms with Crippen molar-refractivity contribution in [3.05, 3.63) is 54.3 Å². The normalized spacial score (nSPS) is 12.1. The van der Waals surface area contributed by atoms with Crippen molar-refractivity contribution in [2.45, 2.75) is 31.3 Å². The Morgan fingerprint density at radius 2 is 1.81 bits per heavy atom. The summed E-state index contributed by atoms with van der Waals surface area (Å²) in [4.78, 5) is 12.0. The smallest absolute Gasteiger partial charge is 0.230 e. The summed E-state index contributed by atoms with van der Waals surface area (Å²) in [5, 5.41) is 14.2. The van der Waals surface area contributed by atoms with E-state index in [0.29, 0.717) is 16.5 Å². The van der Waals surface area contributed by atoms with Crippen LogP contribution in [0, 0.1) is 5.82 Å². The van der Waals surface area contributed by atoms with Crippen LogP contribution in [-0.4, -0.2) is 27.9 Å². The summed E-state index contributed by atoms with van der Waals surface area (Å²) in [6.45, 7) is 4.01. The number of nitrogens with zero attached hydrogens (tertiary/aromatic N) is 2. The summed E-state index contributed by atoms with van der Waals surface area (Å²) in [7, 11) is 0. The van der Waals surface area contributed by atoms with Crippen LogP contribution in [-0.2, 0) is 4.79 Å². The third kappa shape index (κ3) is 4.19. The number of amides is 1. The Bertz CT molecular complexity index is 915. The van der Waals surface area contributed by atoms with Gasteiger partial charge in [0, 0.05) is 22.4 Å². The molecular formula is C20H20FN3OS. The van der Waals surface area contributed by atoms with Crippen molar-refractivity contribution >= 4 is 28.4 Å². The van der Waals surface area contributed by atoms with Crippen molar-refractivity contribution in [3.8, 4) is 11.3 Å². The molecule has 26 heavy (non-hydrogen) atoms. The fraction of sp³-hybridized carbons (Fsp3) is 0.250. The van der Waals surface area contributed by atoms with Crippen LogP contribution in [0.25, 0.3) is 22.0 Å². The highest BCUT2D eigenvalue weighted by molar-refractivity contribution is 8.00. The van der Waals surface area contributed by atoms with Crippen LogP contribution in [0.2, 0.25) is 0 Å². The number of nitrogens with one attached hydrogen (secondary N) is 1. The van der Waals surface area contributed by atoms with Crippen molar-refractivity contribution in [1.82, 2.24) is 15.5 Å². The average Bonchev–Trinajstić information content (AvgIpc) is 2.66. The Kier molecular flexibility index (Phi) is 5.83. The third-order valence-corrected chi connectivity index (χ3v) is 5.11. The molecule has 0 aliphatic carbocycles. The van der Waals surface area contributed by atoms with Gasteiger partial charge in [0.2, 0.25) is 5.91 Å². The van der Waals surface area contributed by atoms with Crippen LogP contribution in [0.5, 0.6) is 0 Å². The molecule has 6 heteroatoms. The first-order valence-corrected chi connectivity index (χ1v) is 9.50. The molecule has 1 aromatic heterocycles. The summed E-state index contributed by atoms with van der Waals surface area (Å²) in [6, 6.07) is 14.2. The number of carbonyl (C=O) groups excluding carboxylic acids is 1. The van der Waals surface area contributed by atoms with Gasteiger partial charge in [-0.3, -0.25) is 4.79 Å². The van der Waals surface area contributed by atoms with E-state index in [1.807, 2.05) is 38.1 Å². The Hall–Kier alpha value is -2.47. The molecule has 3 aromatic rings. The summed E-state index contributed by atoms with van der Waals surface area (Å²) in [5.74, 6) is -0.0119. The molecular weight excluding hydrogens is 349 g/mol. The SMILES string of the molecule is CCC(C)NC(=O)CSc1nnc(-c2ccc(F)cc2)c2ccccc12. The topological polar surface area (TPSA) is 54.9 Å². The lowest BCUT2D eigenvalue weighted by Crippen LogP contribution is -2.33. The number of hydrogen-bond donors (Lipinski definition) is 1. The van der Waals surface area contributed by atoms with Crippen LogP contribution < -0.4 is 5.32 Å². The molecule has 0 saturated carbocycles. The summed E-state index contributed by atoms with van der Waals surface area (Å²) in [6.07, 6.45) is 0.894. The first kappa shape index (κ1) is 18.3. The Morgan fingerprint density at radius 1 is 1.12 bits per heavy atom. The predicted molar refractivity (Wildman–Crippen MR) is 104 cm³/mol. The van der Waals surface area contributed by atoms with E-state index in [-0.39, 0.29) is 17.8 Å². The van der Waals surface area contributed by atoms with E-state index in [1.165, 1.54) is 23.9 Å². The molecule has 0 bridgehead atoms. The molecule has 4 nitrogen and oxygen atoms in total. The summed E-state index contributed by atoms with van der Waals surface area (Å²) in [5.41, 5.74) is 1.51. The second-order valence-electron chi connectivity index (χ2n) is 6.07. The van der Waals surface area contributed by atoms with Gasteiger partial charge in [-0.05, 0) is 37.6 Å². The molecule has 0 radical (unpaired) electrons. The zero-order valence-electron chi connectivity index (χ0n) is 14.7. The first-order chi connectivity index (χ1) is 12.6. The van der Waals surface area contributed by atoms with Gasteiger partial charge in [-0.1, -0.05) is 43.0 Å². The van der Waals surface area contributed by atoms with E-state index in [0.717, 1.165) is 22.8 Å². The lowest BCUT2D eigenvalue weighted by molar-refractivity contribution is -0.119. The van der Waals surface area contributed by atoms with Crippen LogP contribution in [0.3, 0.4) is 0 Å². The number of hydrogen-bond acceptors (Lipinski definition) is 4. The highest BCUT2D eigenvalue weighted by Gasteiger charge is 2.13. The molecule has 134 valence electrons. The van der Waals surface area contributed by atoms with Crippen LogP contribution >= 0.6 is 11.8 Å². The lowest BCUT2D eigenvalue weighted by atomic mass is 10.1. The highest BCUT2D eigenvalue weighted by Crippen LogP contribution is 2.31. The third-order valence-electron chi connectivity index (χ3n) is 4.13. The van der Waals surface area contributed by atoms with Gasteiger partial charge >= 0.3 is 0 Å². The number of halogens is 1. The minimum atomic E-state index is -0.287. The lowest BCUT2D eigenvalue weighted by Gasteiger charge is -2.12. The van der Waals surface area contributed by atoms with E-state index in [9.17, 15) is 9.18 Å². The standard InChI is InChI=1S/C20H20FN3OS/c1-3-13(2)22-18(25)12-26-20-17-7-5-4-6-16(17)19(23-24-20)14-8-10-15(21)11-9-14/h4-11,13H,3,12H2,1-2H3,(H,22,25). The monoisotopic (exact) mass is 369 g/mol. The van der Waals surface area contributed by atoms with Gasteiger partial charge in [0.25, 0.3) is 0 Å². The number of carbonyl (C=O) groups is 1. The molecule has 2 aromatic carbocycles. The second-order valence-corrected chi connectivity index (χ2v) is 7.04. The second kappa shape index (κ2) is 8.27. The van der Waals surface area contributed by atoms with Crippen LogP contribution in [0.4, 0.5) is 4.39 Å². The molecule has 0 saturated heterocycles. The number of benzene rings is 2. The number of rotatable bonds is 6. The molecule has 1 N–H and O–H groups in total.